The highest BCUT2D eigenvalue weighted by Crippen LogP contribution is 2.25. The lowest BCUT2D eigenvalue weighted by molar-refractivity contribution is -0.119. The first-order valence-corrected chi connectivity index (χ1v) is 9.73. The van der Waals surface area contributed by atoms with Gasteiger partial charge in [0.2, 0.25) is 11.1 Å². The number of nitrogens with one attached hydrogen (secondary N) is 1. The van der Waals surface area contributed by atoms with E-state index < -0.39 is 0 Å². The molecule has 0 aliphatic heterocycles. The Hall–Kier alpha value is -2.02. The zero-order valence-electron chi connectivity index (χ0n) is 14.7. The lowest BCUT2D eigenvalue weighted by Crippen LogP contribution is -2.41. The van der Waals surface area contributed by atoms with Crippen molar-refractivity contribution in [2.75, 3.05) is 11.6 Å². The van der Waals surface area contributed by atoms with Crippen molar-refractivity contribution >= 4 is 17.7 Å². The summed E-state index contributed by atoms with van der Waals surface area (Å²) in [7, 11) is 0. The number of aryl methyl sites for hydroxylation is 1. The molecule has 0 bridgehead atoms. The quantitative estimate of drug-likeness (QED) is 0.633. The van der Waals surface area contributed by atoms with Crippen LogP contribution in [0.15, 0.2) is 29.4 Å². The minimum atomic E-state index is 0.0313. The number of amides is 1. The number of carbonyl (C=O) groups excluding carboxylic acids is 1. The molecule has 1 saturated carbocycles. The van der Waals surface area contributed by atoms with E-state index in [0.29, 0.717) is 28.7 Å². The normalized spacial score (nSPS) is 20.4. The molecule has 1 amide bonds. The van der Waals surface area contributed by atoms with Crippen LogP contribution < -0.4 is 11.2 Å². The molecule has 0 unspecified atom stereocenters. The van der Waals surface area contributed by atoms with Crippen molar-refractivity contribution in [1.29, 1.82) is 0 Å². The molecular formula is C18H25N5OS. The third kappa shape index (κ3) is 4.34. The second-order valence-electron chi connectivity index (χ2n) is 6.77. The maximum Gasteiger partial charge on any atom is 0.230 e. The van der Waals surface area contributed by atoms with Gasteiger partial charge in [0.25, 0.3) is 0 Å². The third-order valence-electron chi connectivity index (χ3n) is 4.73. The van der Waals surface area contributed by atoms with Gasteiger partial charge >= 0.3 is 0 Å². The van der Waals surface area contributed by atoms with Crippen LogP contribution in [0.25, 0.3) is 11.4 Å². The van der Waals surface area contributed by atoms with Gasteiger partial charge < -0.3 is 11.2 Å². The minimum Gasteiger partial charge on any atom is -0.352 e. The van der Waals surface area contributed by atoms with Crippen LogP contribution in [0.5, 0.6) is 0 Å². The topological polar surface area (TPSA) is 85.8 Å². The highest BCUT2D eigenvalue weighted by atomic mass is 32.2. The zero-order chi connectivity index (χ0) is 17.8. The van der Waals surface area contributed by atoms with Gasteiger partial charge in [-0.1, -0.05) is 55.3 Å². The number of aromatic nitrogens is 3. The number of rotatable bonds is 5. The van der Waals surface area contributed by atoms with E-state index in [-0.39, 0.29) is 5.91 Å². The number of nitrogens with two attached hydrogens (primary N) is 1. The van der Waals surface area contributed by atoms with Gasteiger partial charge in [-0.2, -0.15) is 0 Å². The summed E-state index contributed by atoms with van der Waals surface area (Å²) in [6.07, 6.45) is 4.72. The second-order valence-corrected chi connectivity index (χ2v) is 7.71. The SMILES string of the molecule is Cc1cccc(-c2nnc(SCC(=O)N[C@@H]3CCCC[C@H]3C)n2N)c1. The summed E-state index contributed by atoms with van der Waals surface area (Å²) in [6, 6.07) is 8.24. The standard InChI is InChI=1S/C18H25N5OS/c1-12-6-5-8-14(10-12)17-21-22-18(23(17)19)25-11-16(24)20-15-9-4-3-7-13(15)2/h5-6,8,10,13,15H,3-4,7,9,11,19H2,1-2H3,(H,20,24)/t13-,15-/m1/s1. The fraction of sp³-hybridized carbons (Fsp3) is 0.500. The van der Waals surface area contributed by atoms with Crippen molar-refractivity contribution in [1.82, 2.24) is 20.2 Å². The number of nitrogens with zero attached hydrogens (tertiary/aromatic N) is 3. The van der Waals surface area contributed by atoms with E-state index in [1.54, 1.807) is 0 Å². The van der Waals surface area contributed by atoms with E-state index in [0.717, 1.165) is 17.5 Å². The van der Waals surface area contributed by atoms with Crippen LogP contribution in [0, 0.1) is 12.8 Å². The average Bonchev–Trinajstić information content (AvgIpc) is 2.96. The molecule has 1 aliphatic carbocycles. The molecule has 25 heavy (non-hydrogen) atoms. The fourth-order valence-corrected chi connectivity index (χ4v) is 3.93. The van der Waals surface area contributed by atoms with E-state index in [2.05, 4.69) is 22.4 Å². The van der Waals surface area contributed by atoms with Crippen molar-refractivity contribution in [2.45, 2.75) is 50.7 Å². The Morgan fingerprint density at radius 1 is 1.36 bits per heavy atom. The van der Waals surface area contributed by atoms with Gasteiger partial charge in [0.1, 0.15) is 0 Å². The Morgan fingerprint density at radius 3 is 2.92 bits per heavy atom. The van der Waals surface area contributed by atoms with Crippen LogP contribution in [-0.2, 0) is 4.79 Å². The Balaban J connectivity index is 1.59. The number of hydrogen-bond acceptors (Lipinski definition) is 5. The number of benzene rings is 1. The Bertz CT molecular complexity index is 745. The first kappa shape index (κ1) is 17.8. The van der Waals surface area contributed by atoms with Gasteiger partial charge in [0, 0.05) is 11.6 Å². The van der Waals surface area contributed by atoms with Gasteiger partial charge in [-0.25, -0.2) is 4.68 Å². The van der Waals surface area contributed by atoms with E-state index in [9.17, 15) is 4.79 Å². The molecule has 0 radical (unpaired) electrons. The number of hydrogen-bond donors (Lipinski definition) is 2. The van der Waals surface area contributed by atoms with Gasteiger partial charge in [-0.3, -0.25) is 4.79 Å². The first-order chi connectivity index (χ1) is 12.0. The molecule has 1 heterocycles. The molecule has 7 heteroatoms. The van der Waals surface area contributed by atoms with Crippen LogP contribution in [0.3, 0.4) is 0 Å². The maximum atomic E-state index is 12.2. The van der Waals surface area contributed by atoms with E-state index in [1.165, 1.54) is 35.7 Å². The van der Waals surface area contributed by atoms with Crippen LogP contribution in [0.4, 0.5) is 0 Å². The largest absolute Gasteiger partial charge is 0.352 e. The molecule has 3 rings (SSSR count). The van der Waals surface area contributed by atoms with Crippen LogP contribution in [0.1, 0.15) is 38.2 Å². The summed E-state index contributed by atoms with van der Waals surface area (Å²) in [5.41, 5.74) is 2.05. The summed E-state index contributed by atoms with van der Waals surface area (Å²) in [5, 5.41) is 12.0. The molecule has 0 spiro atoms. The summed E-state index contributed by atoms with van der Waals surface area (Å²) in [6.45, 7) is 4.23. The predicted octanol–water partition coefficient (Wildman–Crippen LogP) is 2.75. The molecule has 6 nitrogen and oxygen atoms in total. The highest BCUT2D eigenvalue weighted by Gasteiger charge is 2.23. The van der Waals surface area contributed by atoms with Crippen molar-refractivity contribution in [3.8, 4) is 11.4 Å². The zero-order valence-corrected chi connectivity index (χ0v) is 15.6. The van der Waals surface area contributed by atoms with Crippen LogP contribution in [-0.4, -0.2) is 32.6 Å². The van der Waals surface area contributed by atoms with Gasteiger partial charge in [0.15, 0.2) is 5.82 Å². The van der Waals surface area contributed by atoms with Crippen molar-refractivity contribution in [3.05, 3.63) is 29.8 Å². The van der Waals surface area contributed by atoms with Gasteiger partial charge in [0.05, 0.1) is 5.75 Å². The second kappa shape index (κ2) is 7.91. The molecule has 1 aliphatic rings. The molecular weight excluding hydrogens is 334 g/mol. The molecule has 2 aromatic rings. The summed E-state index contributed by atoms with van der Waals surface area (Å²) in [4.78, 5) is 12.2. The predicted molar refractivity (Wildman–Crippen MR) is 101 cm³/mol. The molecule has 1 aromatic carbocycles. The Morgan fingerprint density at radius 2 is 2.16 bits per heavy atom. The molecule has 1 aromatic heterocycles. The van der Waals surface area contributed by atoms with Crippen LogP contribution in [0.2, 0.25) is 0 Å². The van der Waals surface area contributed by atoms with Crippen molar-refractivity contribution in [2.24, 2.45) is 5.92 Å². The van der Waals surface area contributed by atoms with E-state index >= 15 is 0 Å². The monoisotopic (exact) mass is 359 g/mol. The molecule has 2 atom stereocenters. The number of thioether (sulfide) groups is 1. The maximum absolute atomic E-state index is 12.2. The molecule has 134 valence electrons. The highest BCUT2D eigenvalue weighted by molar-refractivity contribution is 7.99. The third-order valence-corrected chi connectivity index (χ3v) is 5.67. The van der Waals surface area contributed by atoms with Crippen molar-refractivity contribution in [3.63, 3.8) is 0 Å². The summed E-state index contributed by atoms with van der Waals surface area (Å²) >= 11 is 1.32. The van der Waals surface area contributed by atoms with E-state index in [1.807, 2.05) is 31.2 Å². The smallest absolute Gasteiger partial charge is 0.230 e. The van der Waals surface area contributed by atoms with E-state index in [4.69, 9.17) is 5.84 Å². The number of nitrogen functional groups attached to an aromatic ring is 1. The van der Waals surface area contributed by atoms with Gasteiger partial charge in [-0.05, 0) is 31.7 Å². The van der Waals surface area contributed by atoms with Crippen LogP contribution >= 0.6 is 11.8 Å². The molecule has 3 N–H and O–H groups in total. The molecule has 1 fully saturated rings. The average molecular weight is 359 g/mol. The van der Waals surface area contributed by atoms with Crippen molar-refractivity contribution < 1.29 is 4.79 Å². The Labute approximate surface area is 152 Å². The number of carbonyl (C=O) groups is 1. The minimum absolute atomic E-state index is 0.0313. The molecule has 0 saturated heterocycles. The van der Waals surface area contributed by atoms with Gasteiger partial charge in [-0.15, -0.1) is 10.2 Å². The Kier molecular flexibility index (Phi) is 5.63. The fourth-order valence-electron chi connectivity index (χ4n) is 3.27. The summed E-state index contributed by atoms with van der Waals surface area (Å²) < 4.78 is 1.45. The lowest BCUT2D eigenvalue weighted by Gasteiger charge is -2.29. The lowest BCUT2D eigenvalue weighted by atomic mass is 9.86. The summed E-state index contributed by atoms with van der Waals surface area (Å²) in [5.74, 6) is 7.60. The first-order valence-electron chi connectivity index (χ1n) is 8.74.